The van der Waals surface area contributed by atoms with Crippen LogP contribution >= 0.6 is 11.8 Å². The van der Waals surface area contributed by atoms with Crippen molar-refractivity contribution in [2.75, 3.05) is 5.75 Å². The van der Waals surface area contributed by atoms with Gasteiger partial charge in [-0.05, 0) is 46.4 Å². The summed E-state index contributed by atoms with van der Waals surface area (Å²) >= 11 is 1.27. The highest BCUT2D eigenvalue weighted by molar-refractivity contribution is 8.01. The van der Waals surface area contributed by atoms with Crippen molar-refractivity contribution in [1.29, 1.82) is 0 Å². The monoisotopic (exact) mass is 463 g/mol. The third kappa shape index (κ3) is 4.40. The summed E-state index contributed by atoms with van der Waals surface area (Å²) in [5, 5.41) is 12.1. The molecule has 0 unspecified atom stereocenters. The molecule has 0 bridgehead atoms. The van der Waals surface area contributed by atoms with Gasteiger partial charge in [-0.15, -0.1) is 11.8 Å². The van der Waals surface area contributed by atoms with Gasteiger partial charge in [-0.2, -0.15) is 0 Å². The molecule has 33 heavy (non-hydrogen) atoms. The first kappa shape index (κ1) is 23.1. The minimum atomic E-state index is -0.917. The first-order valence-electron chi connectivity index (χ1n) is 10.7. The number of ketones is 1. The quantitative estimate of drug-likeness (QED) is 0.390. The maximum Gasteiger partial charge on any atom is 0.237 e. The fraction of sp³-hybridized carbons (Fsp3) is 0.259. The molecule has 3 aromatic rings. The Hall–Kier alpha value is -3.12. The molecule has 0 spiro atoms. The number of benzene rings is 3. The number of halogens is 1. The Bertz CT molecular complexity index is 1120. The number of phenols is 1. The number of carbonyl (C=O) groups excluding carboxylic acids is 2. The van der Waals surface area contributed by atoms with Crippen LogP contribution in [0.1, 0.15) is 47.8 Å². The normalized spacial score (nSPS) is 20.1. The number of carbonyl (C=O) groups is 2. The molecule has 0 aromatic heterocycles. The van der Waals surface area contributed by atoms with Gasteiger partial charge in [0.15, 0.2) is 5.78 Å². The van der Waals surface area contributed by atoms with Crippen molar-refractivity contribution in [3.8, 4) is 5.75 Å². The highest BCUT2D eigenvalue weighted by atomic mass is 32.2. The first-order valence-corrected chi connectivity index (χ1v) is 11.8. The van der Waals surface area contributed by atoms with Gasteiger partial charge in [-0.3, -0.25) is 9.59 Å². The summed E-state index contributed by atoms with van der Waals surface area (Å²) in [7, 11) is 0. The van der Waals surface area contributed by atoms with Crippen molar-refractivity contribution >= 4 is 23.5 Å². The van der Waals surface area contributed by atoms with Gasteiger partial charge in [0.25, 0.3) is 0 Å². The molecular formula is C27H26FNO3S. The molecule has 0 radical (unpaired) electrons. The summed E-state index contributed by atoms with van der Waals surface area (Å²) in [6, 6.07) is 20.2. The molecule has 1 aliphatic rings. The van der Waals surface area contributed by atoms with Gasteiger partial charge in [0.2, 0.25) is 5.91 Å². The molecule has 3 aromatic carbocycles. The van der Waals surface area contributed by atoms with E-state index >= 15 is 0 Å². The lowest BCUT2D eigenvalue weighted by atomic mass is 9.74. The summed E-state index contributed by atoms with van der Waals surface area (Å²) in [4.78, 5) is 25.6. The third-order valence-corrected chi connectivity index (χ3v) is 7.36. The number of phenolic OH excluding ortho intramolecular Hbond substituents is 1. The summed E-state index contributed by atoms with van der Waals surface area (Å²) < 4.78 is 13.6. The van der Waals surface area contributed by atoms with E-state index in [-0.39, 0.29) is 34.4 Å². The SMILES string of the molecule is CC(C)(C)c1ccc(C(=O)CS[C@H]2C(=O)N[C@]2(c2ccc(O)cc2)c2ccc(F)cc2)cc1. The molecule has 1 fully saturated rings. The van der Waals surface area contributed by atoms with E-state index < -0.39 is 10.8 Å². The maximum absolute atomic E-state index is 13.6. The zero-order chi connectivity index (χ0) is 23.8. The van der Waals surface area contributed by atoms with Crippen molar-refractivity contribution in [3.05, 3.63) is 101 Å². The molecule has 170 valence electrons. The van der Waals surface area contributed by atoms with Crippen LogP contribution in [0.4, 0.5) is 4.39 Å². The van der Waals surface area contributed by atoms with E-state index in [4.69, 9.17) is 0 Å². The molecular weight excluding hydrogens is 437 g/mol. The van der Waals surface area contributed by atoms with Crippen molar-refractivity contribution < 1.29 is 19.1 Å². The average Bonchev–Trinajstić information content (AvgIpc) is 2.78. The molecule has 2 atom stereocenters. The van der Waals surface area contributed by atoms with E-state index in [1.54, 1.807) is 36.4 Å². The van der Waals surface area contributed by atoms with E-state index in [1.165, 1.54) is 23.9 Å². The molecule has 0 saturated carbocycles. The van der Waals surface area contributed by atoms with Gasteiger partial charge in [0, 0.05) is 5.56 Å². The van der Waals surface area contributed by atoms with Gasteiger partial charge in [-0.1, -0.05) is 69.3 Å². The summed E-state index contributed by atoms with van der Waals surface area (Å²) in [6.45, 7) is 6.35. The second-order valence-corrected chi connectivity index (χ2v) is 10.4. The molecule has 4 nitrogen and oxygen atoms in total. The van der Waals surface area contributed by atoms with Crippen LogP contribution in [0.3, 0.4) is 0 Å². The number of aromatic hydroxyl groups is 1. The topological polar surface area (TPSA) is 66.4 Å². The third-order valence-electron chi connectivity index (χ3n) is 6.03. The molecule has 2 N–H and O–H groups in total. The van der Waals surface area contributed by atoms with E-state index in [2.05, 4.69) is 26.1 Å². The minimum Gasteiger partial charge on any atom is -0.508 e. The van der Waals surface area contributed by atoms with Gasteiger partial charge >= 0.3 is 0 Å². The van der Waals surface area contributed by atoms with E-state index in [9.17, 15) is 19.1 Å². The molecule has 1 saturated heterocycles. The maximum atomic E-state index is 13.6. The second kappa shape index (κ2) is 8.67. The highest BCUT2D eigenvalue weighted by Crippen LogP contribution is 2.45. The Labute approximate surface area is 197 Å². The van der Waals surface area contributed by atoms with Crippen molar-refractivity contribution in [1.82, 2.24) is 5.32 Å². The molecule has 0 aliphatic carbocycles. The van der Waals surface area contributed by atoms with Crippen molar-refractivity contribution in [2.24, 2.45) is 0 Å². The van der Waals surface area contributed by atoms with Crippen LogP contribution in [-0.2, 0) is 15.7 Å². The van der Waals surface area contributed by atoms with Crippen LogP contribution in [0, 0.1) is 5.82 Å². The zero-order valence-electron chi connectivity index (χ0n) is 18.8. The van der Waals surface area contributed by atoms with E-state index in [0.717, 1.165) is 11.1 Å². The Morgan fingerprint density at radius 1 is 0.970 bits per heavy atom. The Morgan fingerprint density at radius 2 is 1.52 bits per heavy atom. The number of nitrogens with one attached hydrogen (secondary N) is 1. The molecule has 4 rings (SSSR count). The average molecular weight is 464 g/mol. The van der Waals surface area contributed by atoms with Crippen LogP contribution in [0.25, 0.3) is 0 Å². The molecule has 1 heterocycles. The fourth-order valence-electron chi connectivity index (χ4n) is 4.09. The zero-order valence-corrected chi connectivity index (χ0v) is 19.6. The predicted molar refractivity (Wildman–Crippen MR) is 129 cm³/mol. The molecule has 1 amide bonds. The second-order valence-electron chi connectivity index (χ2n) is 9.29. The van der Waals surface area contributed by atoms with Crippen LogP contribution < -0.4 is 5.32 Å². The Balaban J connectivity index is 1.60. The van der Waals surface area contributed by atoms with Gasteiger partial charge in [0.05, 0.1) is 5.75 Å². The molecule has 6 heteroatoms. The van der Waals surface area contributed by atoms with Crippen molar-refractivity contribution in [2.45, 2.75) is 37.0 Å². The summed E-state index contributed by atoms with van der Waals surface area (Å²) in [6.07, 6.45) is 0. The Morgan fingerprint density at radius 3 is 2.03 bits per heavy atom. The lowest BCUT2D eigenvalue weighted by Gasteiger charge is -2.49. The number of thioether (sulfide) groups is 1. The smallest absolute Gasteiger partial charge is 0.237 e. The van der Waals surface area contributed by atoms with E-state index in [1.807, 2.05) is 24.3 Å². The number of hydrogen-bond donors (Lipinski definition) is 2. The Kier molecular flexibility index (Phi) is 6.06. The van der Waals surface area contributed by atoms with Crippen LogP contribution in [0.5, 0.6) is 5.75 Å². The number of hydrogen-bond acceptors (Lipinski definition) is 4. The first-order chi connectivity index (χ1) is 15.6. The lowest BCUT2D eigenvalue weighted by molar-refractivity contribution is -0.130. The van der Waals surface area contributed by atoms with Gasteiger partial charge < -0.3 is 10.4 Å². The lowest BCUT2D eigenvalue weighted by Crippen LogP contribution is -2.69. The predicted octanol–water partition coefficient (Wildman–Crippen LogP) is 5.19. The number of β-lactam (4-membered cyclic amide) rings is 1. The van der Waals surface area contributed by atoms with Crippen LogP contribution in [-0.4, -0.2) is 27.8 Å². The van der Waals surface area contributed by atoms with E-state index in [0.29, 0.717) is 11.1 Å². The number of Topliss-reactive ketones (excluding diaryl/α,β-unsaturated/α-hetero) is 1. The van der Waals surface area contributed by atoms with Crippen molar-refractivity contribution in [3.63, 3.8) is 0 Å². The minimum absolute atomic E-state index is 0.000769. The number of amides is 1. The number of rotatable bonds is 6. The van der Waals surface area contributed by atoms with Gasteiger partial charge in [-0.25, -0.2) is 4.39 Å². The van der Waals surface area contributed by atoms with Crippen LogP contribution in [0.2, 0.25) is 0 Å². The molecule has 1 aliphatic heterocycles. The standard InChI is InChI=1S/C27H26FNO3S/c1-26(2,3)18-6-4-17(5-7-18)23(31)16-33-24-25(32)29-27(24,19-8-12-21(28)13-9-19)20-10-14-22(30)15-11-20/h4-15,24,30H,16H2,1-3H3,(H,29,32)/t24-,27-/m0/s1. The summed E-state index contributed by atoms with van der Waals surface area (Å²) in [5.74, 6) is -0.374. The van der Waals surface area contributed by atoms with Gasteiger partial charge in [0.1, 0.15) is 22.4 Å². The fourth-order valence-corrected chi connectivity index (χ4v) is 5.37. The summed E-state index contributed by atoms with van der Waals surface area (Å²) in [5.41, 5.74) is 2.30. The highest BCUT2D eigenvalue weighted by Gasteiger charge is 2.56. The largest absolute Gasteiger partial charge is 0.508 e. The van der Waals surface area contributed by atoms with Crippen LogP contribution in [0.15, 0.2) is 72.8 Å².